The van der Waals surface area contributed by atoms with Crippen LogP contribution in [0.5, 0.6) is 34.5 Å². The zero-order chi connectivity index (χ0) is 69.1. The van der Waals surface area contributed by atoms with Crippen LogP contribution >= 0.6 is 0 Å². The van der Waals surface area contributed by atoms with Gasteiger partial charge < -0.3 is 45.1 Å². The largest absolute Gasteiger partial charge is 0.507 e. The van der Waals surface area contributed by atoms with Crippen LogP contribution in [0.2, 0.25) is 0 Å². The number of carboxylic acids is 1. The highest BCUT2D eigenvalue weighted by molar-refractivity contribution is 7.86. The fourth-order valence-corrected chi connectivity index (χ4v) is 11.5. The second-order valence-electron chi connectivity index (χ2n) is 20.5. The molecule has 488 valence electrons. The molecule has 0 aliphatic carbocycles. The van der Waals surface area contributed by atoms with Crippen LogP contribution < -0.4 is 14.8 Å². The molecule has 0 amide bonds. The molecule has 0 radical (unpaired) electrons. The molecule has 0 fully saturated rings. The minimum atomic E-state index is -5.19. The van der Waals surface area contributed by atoms with E-state index in [1.165, 1.54) is 67.6 Å². The number of anilines is 2. The molecule has 97 heavy (non-hydrogen) atoms. The number of para-hydroxylation sites is 1. The molecule has 34 heteroatoms. The number of rotatable bonds is 22. The highest BCUT2D eigenvalue weighted by Gasteiger charge is 2.25. The van der Waals surface area contributed by atoms with Crippen LogP contribution in [0.1, 0.15) is 15.9 Å². The molecule has 0 aliphatic rings. The summed E-state index contributed by atoms with van der Waals surface area (Å²) in [6, 6.07) is 37.4. The van der Waals surface area contributed by atoms with Crippen molar-refractivity contribution in [1.29, 1.82) is 0 Å². The average Bonchev–Trinajstić information content (AvgIpc) is 0.774. The Morgan fingerprint density at radius 1 is 0.485 bits per heavy atom. The van der Waals surface area contributed by atoms with Crippen molar-refractivity contribution in [2.45, 2.75) is 21.6 Å². The van der Waals surface area contributed by atoms with Gasteiger partial charge in [-0.1, -0.05) is 36.4 Å². The third-order valence-corrected chi connectivity index (χ3v) is 16.9. The number of azo groups is 5. The van der Waals surface area contributed by atoms with E-state index in [9.17, 15) is 78.8 Å². The van der Waals surface area contributed by atoms with Crippen LogP contribution in [0.3, 0.4) is 0 Å². The van der Waals surface area contributed by atoms with Crippen molar-refractivity contribution in [3.05, 3.63) is 175 Å². The van der Waals surface area contributed by atoms with Crippen LogP contribution in [0, 0.1) is 6.92 Å². The number of nitrogens with one attached hydrogen (secondary N) is 1. The Morgan fingerprint density at radius 3 is 1.75 bits per heavy atom. The second kappa shape index (κ2) is 26.8. The predicted molar refractivity (Wildman–Crippen MR) is 346 cm³/mol. The van der Waals surface area contributed by atoms with Crippen molar-refractivity contribution < 1.29 is 93.0 Å². The highest BCUT2D eigenvalue weighted by atomic mass is 32.2. The molecule has 0 saturated carbocycles. The van der Waals surface area contributed by atoms with Gasteiger partial charge in [0.2, 0.25) is 6.79 Å². The van der Waals surface area contributed by atoms with Gasteiger partial charge in [0.25, 0.3) is 43.3 Å². The lowest BCUT2D eigenvalue weighted by molar-refractivity contribution is -0.134. The normalized spacial score (nSPS) is 12.3. The number of fused-ring (bicyclic) bond motifs is 4. The minimum absolute atomic E-state index is 0.00933. The topological polar surface area (TPSA) is 479 Å². The molecule has 31 nitrogen and oxygen atoms in total. The van der Waals surface area contributed by atoms with Gasteiger partial charge in [0.05, 0.1) is 49.2 Å². The van der Waals surface area contributed by atoms with E-state index in [0.29, 0.717) is 28.2 Å². The molecule has 0 aliphatic heterocycles. The molecule has 11 aromatic carbocycles. The highest BCUT2D eigenvalue weighted by Crippen LogP contribution is 2.48. The molecule has 0 saturated heterocycles. The molecule has 0 bridgehead atoms. The van der Waals surface area contributed by atoms with Crippen molar-refractivity contribution >= 4 is 161 Å². The summed E-state index contributed by atoms with van der Waals surface area (Å²) in [5.41, 5.74) is -0.239. The lowest BCUT2D eigenvalue weighted by Gasteiger charge is -2.13. The summed E-state index contributed by atoms with van der Waals surface area (Å²) in [6.45, 7) is 0.907. The molecule has 0 atom stereocenters. The number of nitrogens with zero attached hydrogens (tertiary/aromatic N) is 10. The number of aryl methyl sites for hydroxylation is 1. The summed E-state index contributed by atoms with van der Waals surface area (Å²) in [7, 11) is -15.1. The number of hydrogen-bond donors (Lipinski definition) is 9. The van der Waals surface area contributed by atoms with Crippen molar-refractivity contribution in [2.24, 2.45) is 51.1 Å². The van der Waals surface area contributed by atoms with E-state index in [2.05, 4.69) is 56.5 Å². The van der Waals surface area contributed by atoms with Gasteiger partial charge >= 0.3 is 5.97 Å². The number of phenolic OH excluding ortho intramolecular Hbond substituents is 4. The summed E-state index contributed by atoms with van der Waals surface area (Å²) in [5, 5.41) is 102. The summed E-state index contributed by atoms with van der Waals surface area (Å²) >= 11 is 0. The maximum atomic E-state index is 13.0. The Balaban J connectivity index is 0.922. The quantitative estimate of drug-likeness (QED) is 0.0100. The number of phenols is 4. The van der Waals surface area contributed by atoms with Gasteiger partial charge in [-0.05, 0) is 138 Å². The lowest BCUT2D eigenvalue weighted by Crippen LogP contribution is -2.01. The van der Waals surface area contributed by atoms with Gasteiger partial charge in [-0.15, -0.1) is 35.8 Å². The van der Waals surface area contributed by atoms with E-state index >= 15 is 0 Å². The Bertz CT molecular complexity index is 5640. The van der Waals surface area contributed by atoms with Crippen LogP contribution in [-0.4, -0.2) is 90.2 Å². The molecule has 9 N–H and O–H groups in total. The third kappa shape index (κ3) is 14.3. The molecule has 11 aromatic rings. The number of benzene rings is 11. The molecular weight excluding hydrogens is 1330 g/mol. The number of carbonyl (C=O) groups excluding carboxylic acids is 2. The second-order valence-corrected chi connectivity index (χ2v) is 24.8. The predicted octanol–water partition coefficient (Wildman–Crippen LogP) is 15.7. The number of ether oxygens (including phenoxy) is 3. The maximum absolute atomic E-state index is 13.0. The fourth-order valence-electron chi connectivity index (χ4n) is 9.76. The van der Waals surface area contributed by atoms with Gasteiger partial charge in [0.15, 0.2) is 23.0 Å². The Labute approximate surface area is 545 Å². The number of aromatic hydroxyl groups is 4. The van der Waals surface area contributed by atoms with Crippen LogP contribution in [0.25, 0.3) is 43.1 Å². The minimum Gasteiger partial charge on any atom is -0.507 e. The molecule has 0 spiro atoms. The summed E-state index contributed by atoms with van der Waals surface area (Å²) in [5.74, 6) is -3.89. The first-order valence-corrected chi connectivity index (χ1v) is 31.9. The SMILES string of the molecule is Cc1cc(N=Nc2c(S(=O)(=O)O)cc3ccc(N=Nc4c(Nc5ccccc5)ccc5c(O)c(N=Nc6ccc7ccc(N=Nc8cc(OC=O)ccc8C(=O)O)c(O)c7c6)ccc45)cc3c2O)c(OCOC=O)cc1N=Nc1cc(S(=O)(=O)O)cc2cc(S(=O)(=O)O)cc(O)c12. The maximum Gasteiger partial charge on any atom is 0.337 e. The first kappa shape index (κ1) is 65.9. The van der Waals surface area contributed by atoms with Gasteiger partial charge in [-0.2, -0.15) is 40.6 Å². The summed E-state index contributed by atoms with van der Waals surface area (Å²) in [4.78, 5) is 31.4. The fraction of sp³-hybridized carbons (Fsp3) is 0.0317. The Hall–Kier alpha value is -12.6. The Morgan fingerprint density at radius 2 is 1.07 bits per heavy atom. The van der Waals surface area contributed by atoms with Gasteiger partial charge in [-0.3, -0.25) is 23.2 Å². The van der Waals surface area contributed by atoms with Crippen LogP contribution in [-0.2, 0) is 44.7 Å². The van der Waals surface area contributed by atoms with Gasteiger partial charge in [-0.25, -0.2) is 4.79 Å². The number of carbonyl (C=O) groups is 3. The Kier molecular flexibility index (Phi) is 18.2. The van der Waals surface area contributed by atoms with E-state index in [1.54, 1.807) is 60.7 Å². The van der Waals surface area contributed by atoms with E-state index in [1.807, 2.05) is 6.07 Å². The van der Waals surface area contributed by atoms with Crippen LogP contribution in [0.4, 0.5) is 68.2 Å². The zero-order valence-electron chi connectivity index (χ0n) is 49.1. The molecular formula is C63H43N11O20S3. The van der Waals surface area contributed by atoms with E-state index in [0.717, 1.165) is 30.3 Å². The number of hydrogen-bond acceptors (Lipinski definition) is 27. The monoisotopic (exact) mass is 1370 g/mol. The standard InChI is InChI=1S/C63H43N11O20S3/c1-32-19-52(55(94-31-92-29-75)28-50(32)69-72-53-26-40(95(83,84)85)20-35-21-41(96(86,87)88)27-54(77)57(35)53)71-74-59-56(97(89,90)91)22-34-8-11-38(24-46(34)62(59)80)66-73-58-42-14-18-49(60(78)43(42)15-17-47(58)64-36-5-3-2-4-6-36)67-65-37-10-7-33-9-16-48(61(79)45(33)23-37)68-70-51-25-39(93-30-76)12-13-44(51)63(81)82/h2-30,64,77-80H,31H2,1H3,(H,81,82)(H,83,84,85)(H,86,87,88)(H,89,90,91). The number of carboxylic acid groups (broad SMARTS) is 1. The number of aromatic carboxylic acids is 1. The first-order valence-electron chi connectivity index (χ1n) is 27.5. The third-order valence-electron chi connectivity index (χ3n) is 14.3. The van der Waals surface area contributed by atoms with Crippen LogP contribution in [0.15, 0.2) is 230 Å². The molecule has 11 rings (SSSR count). The molecule has 0 unspecified atom stereocenters. The summed E-state index contributed by atoms with van der Waals surface area (Å²) in [6.07, 6.45) is 0. The van der Waals surface area contributed by atoms with Gasteiger partial charge in [0.1, 0.15) is 50.5 Å². The van der Waals surface area contributed by atoms with E-state index in [-0.39, 0.29) is 125 Å². The molecule has 0 aromatic heterocycles. The first-order chi connectivity index (χ1) is 46.3. The zero-order valence-corrected chi connectivity index (χ0v) is 51.6. The van der Waals surface area contributed by atoms with Crippen molar-refractivity contribution in [3.63, 3.8) is 0 Å². The lowest BCUT2D eigenvalue weighted by atomic mass is 10.0. The van der Waals surface area contributed by atoms with Crippen molar-refractivity contribution in [3.8, 4) is 34.5 Å². The average molecular weight is 1370 g/mol. The van der Waals surface area contributed by atoms with Gasteiger partial charge in [0, 0.05) is 45.4 Å². The van der Waals surface area contributed by atoms with Crippen molar-refractivity contribution in [1.82, 2.24) is 0 Å². The van der Waals surface area contributed by atoms with E-state index in [4.69, 9.17) is 14.2 Å². The van der Waals surface area contributed by atoms with E-state index < -0.39 is 80.7 Å². The summed E-state index contributed by atoms with van der Waals surface area (Å²) < 4.78 is 119. The molecule has 0 heterocycles. The smallest absolute Gasteiger partial charge is 0.337 e. The van der Waals surface area contributed by atoms with Crippen molar-refractivity contribution in [2.75, 3.05) is 12.1 Å².